The van der Waals surface area contributed by atoms with Gasteiger partial charge in [-0.2, -0.15) is 50.5 Å². The normalized spacial score (nSPS) is 14.5. The molecule has 0 bridgehead atoms. The van der Waals surface area contributed by atoms with Crippen LogP contribution in [0.5, 0.6) is 0 Å². The second-order valence-electron chi connectivity index (χ2n) is 10.4. The summed E-state index contributed by atoms with van der Waals surface area (Å²) in [6.07, 6.45) is 31.3. The summed E-state index contributed by atoms with van der Waals surface area (Å²) in [5.74, 6) is 3.87. The van der Waals surface area contributed by atoms with E-state index in [4.69, 9.17) is 12.6 Å². The summed E-state index contributed by atoms with van der Waals surface area (Å²) in [5, 5.41) is 0. The fraction of sp³-hybridized carbons (Fsp3) is 1.00. The molecular weight excluding hydrogens is 477 g/mol. The van der Waals surface area contributed by atoms with Crippen LogP contribution in [0.1, 0.15) is 155 Å². The molecule has 0 fully saturated rings. The molecule has 0 heterocycles. The fourth-order valence-electron chi connectivity index (χ4n) is 5.21. The van der Waals surface area contributed by atoms with Crippen molar-refractivity contribution < 1.29 is 0 Å². The minimum absolute atomic E-state index is 0.236. The Morgan fingerprint density at radius 1 is 0.455 bits per heavy atom. The monoisotopic (exact) mass is 536 g/mol. The lowest BCUT2D eigenvalue weighted by Crippen LogP contribution is -2.33. The Morgan fingerprint density at radius 2 is 0.788 bits per heavy atom. The Balaban J connectivity index is 4.69. The third-order valence-corrected chi connectivity index (χ3v) is 9.17. The van der Waals surface area contributed by atoms with E-state index in [2.05, 4.69) is 44.8 Å². The molecule has 0 aromatic rings. The summed E-state index contributed by atoms with van der Waals surface area (Å²) in [7, 11) is 0. The first-order valence-corrected chi connectivity index (χ1v) is 17.0. The van der Waals surface area contributed by atoms with Gasteiger partial charge in [0.15, 0.2) is 0 Å². The van der Waals surface area contributed by atoms with E-state index in [0.717, 1.165) is 23.2 Å². The van der Waals surface area contributed by atoms with Gasteiger partial charge in [0.2, 0.25) is 0 Å². The molecule has 0 spiro atoms. The highest BCUT2D eigenvalue weighted by Gasteiger charge is 2.33. The maximum absolute atomic E-state index is 5.51. The van der Waals surface area contributed by atoms with E-state index < -0.39 is 0 Å². The Hall–Kier alpha value is 1.40. The van der Waals surface area contributed by atoms with Crippen molar-refractivity contribution in [3.8, 4) is 0 Å². The van der Waals surface area contributed by atoms with Crippen molar-refractivity contribution in [3.05, 3.63) is 0 Å². The third kappa shape index (κ3) is 21.2. The van der Waals surface area contributed by atoms with Crippen LogP contribution < -0.4 is 0 Å². The highest BCUT2D eigenvalue weighted by Crippen LogP contribution is 2.42. The lowest BCUT2D eigenvalue weighted by atomic mass is 9.77. The molecule has 0 rings (SSSR count). The maximum atomic E-state index is 5.51. The van der Waals surface area contributed by atoms with Gasteiger partial charge in [0.05, 0.1) is 0 Å². The summed E-state index contributed by atoms with van der Waals surface area (Å²) in [6, 6.07) is 0. The van der Waals surface area contributed by atoms with E-state index in [1.54, 1.807) is 0 Å². The number of rotatable bonds is 27. The van der Waals surface area contributed by atoms with Crippen LogP contribution in [0, 0.1) is 5.92 Å². The smallest absolute Gasteiger partial charge is 0.0158 e. The molecule has 0 aromatic heterocycles. The van der Waals surface area contributed by atoms with E-state index in [1.165, 1.54) is 148 Å². The second-order valence-corrected chi connectivity index (χ2v) is 12.6. The molecule has 0 nitrogen and oxygen atoms in total. The van der Waals surface area contributed by atoms with Crippen LogP contribution in [-0.4, -0.2) is 22.0 Å². The van der Waals surface area contributed by atoms with Crippen molar-refractivity contribution >= 4 is 50.5 Å². The zero-order valence-corrected chi connectivity index (χ0v) is 25.8. The highest BCUT2D eigenvalue weighted by atomic mass is 32.1. The first kappa shape index (κ1) is 34.4. The van der Waals surface area contributed by atoms with Crippen LogP contribution in [0.15, 0.2) is 0 Å². The van der Waals surface area contributed by atoms with Gasteiger partial charge in [0, 0.05) is 4.75 Å². The van der Waals surface area contributed by atoms with E-state index in [1.807, 2.05) is 0 Å². The molecule has 0 amide bonds. The number of thiol groups is 4. The lowest BCUT2D eigenvalue weighted by Gasteiger charge is -2.38. The van der Waals surface area contributed by atoms with Gasteiger partial charge in [-0.05, 0) is 68.1 Å². The maximum Gasteiger partial charge on any atom is 0.0158 e. The highest BCUT2D eigenvalue weighted by molar-refractivity contribution is 7.81. The SMILES string of the molecule is CCCCCCCCCCC(CCCCS)C(S)(CCCCCS)CCCCCCCCS. The Labute approximate surface area is 232 Å². The summed E-state index contributed by atoms with van der Waals surface area (Å²) in [5.41, 5.74) is 0. The van der Waals surface area contributed by atoms with Crippen molar-refractivity contribution in [2.24, 2.45) is 5.92 Å². The minimum Gasteiger partial charge on any atom is -0.179 e. The summed E-state index contributed by atoms with van der Waals surface area (Å²) in [6.45, 7) is 2.31. The van der Waals surface area contributed by atoms with E-state index >= 15 is 0 Å². The molecule has 0 N–H and O–H groups in total. The summed E-state index contributed by atoms with van der Waals surface area (Å²) in [4.78, 5) is 0. The molecule has 4 heteroatoms. The number of unbranched alkanes of at least 4 members (excludes halogenated alkanes) is 15. The van der Waals surface area contributed by atoms with Crippen LogP contribution in [0.3, 0.4) is 0 Å². The standard InChI is InChI=1S/C29H60S4/c1-2-3-4-5-6-7-10-14-21-28(22-15-20-27-32)29(33,24-17-13-19-26-31)23-16-11-8-9-12-18-25-30/h28,30-33H,2-27H2,1H3. The molecule has 0 saturated heterocycles. The van der Waals surface area contributed by atoms with Gasteiger partial charge in [-0.15, -0.1) is 0 Å². The third-order valence-electron chi connectivity index (χ3n) is 7.41. The predicted octanol–water partition coefficient (Wildman–Crippen LogP) is 11.1. The fourth-order valence-corrected chi connectivity index (χ4v) is 6.46. The van der Waals surface area contributed by atoms with Gasteiger partial charge in [0.25, 0.3) is 0 Å². The summed E-state index contributed by atoms with van der Waals surface area (Å²) >= 11 is 18.8. The quantitative estimate of drug-likeness (QED) is 0.0582. The molecule has 0 aliphatic rings. The zero-order chi connectivity index (χ0) is 24.5. The van der Waals surface area contributed by atoms with Crippen molar-refractivity contribution in [1.82, 2.24) is 0 Å². The molecule has 33 heavy (non-hydrogen) atoms. The molecule has 0 radical (unpaired) electrons. The second kappa shape index (κ2) is 26.5. The Morgan fingerprint density at radius 3 is 1.27 bits per heavy atom. The molecule has 200 valence electrons. The van der Waals surface area contributed by atoms with Gasteiger partial charge in [-0.1, -0.05) is 110 Å². The van der Waals surface area contributed by atoms with E-state index in [9.17, 15) is 0 Å². The van der Waals surface area contributed by atoms with Gasteiger partial charge in [-0.3, -0.25) is 0 Å². The molecular formula is C29H60S4. The van der Waals surface area contributed by atoms with Crippen LogP contribution in [0.2, 0.25) is 0 Å². The van der Waals surface area contributed by atoms with Gasteiger partial charge in [0.1, 0.15) is 0 Å². The van der Waals surface area contributed by atoms with Gasteiger partial charge >= 0.3 is 0 Å². The number of hydrogen-bond donors (Lipinski definition) is 4. The molecule has 2 unspecified atom stereocenters. The van der Waals surface area contributed by atoms with Crippen LogP contribution in [0.25, 0.3) is 0 Å². The van der Waals surface area contributed by atoms with Crippen LogP contribution >= 0.6 is 50.5 Å². The molecule has 2 atom stereocenters. The minimum atomic E-state index is 0.236. The average molecular weight is 537 g/mol. The van der Waals surface area contributed by atoms with Gasteiger partial charge < -0.3 is 0 Å². The topological polar surface area (TPSA) is 0 Å². The predicted molar refractivity (Wildman–Crippen MR) is 169 cm³/mol. The van der Waals surface area contributed by atoms with Gasteiger partial charge in [-0.25, -0.2) is 0 Å². The first-order chi connectivity index (χ1) is 16.1. The van der Waals surface area contributed by atoms with Crippen molar-refractivity contribution in [1.29, 1.82) is 0 Å². The van der Waals surface area contributed by atoms with Crippen molar-refractivity contribution in [3.63, 3.8) is 0 Å². The molecule has 0 aliphatic heterocycles. The Kier molecular flexibility index (Phi) is 27.6. The Bertz CT molecular complexity index is 377. The van der Waals surface area contributed by atoms with Crippen LogP contribution in [0.4, 0.5) is 0 Å². The van der Waals surface area contributed by atoms with Crippen LogP contribution in [-0.2, 0) is 0 Å². The largest absolute Gasteiger partial charge is 0.179 e. The van der Waals surface area contributed by atoms with E-state index in [0.29, 0.717) is 0 Å². The first-order valence-electron chi connectivity index (χ1n) is 14.7. The molecule has 0 saturated carbocycles. The zero-order valence-electron chi connectivity index (χ0n) is 22.3. The average Bonchev–Trinajstić information content (AvgIpc) is 2.82. The van der Waals surface area contributed by atoms with Crippen molar-refractivity contribution in [2.45, 2.75) is 159 Å². The summed E-state index contributed by atoms with van der Waals surface area (Å²) < 4.78 is 0.236. The van der Waals surface area contributed by atoms with E-state index in [-0.39, 0.29) is 4.75 Å². The lowest BCUT2D eigenvalue weighted by molar-refractivity contribution is 0.275. The van der Waals surface area contributed by atoms with Crippen molar-refractivity contribution in [2.75, 3.05) is 17.3 Å². The molecule has 0 aliphatic carbocycles. The molecule has 0 aromatic carbocycles. The number of hydrogen-bond acceptors (Lipinski definition) is 4.